The predicted octanol–water partition coefficient (Wildman–Crippen LogP) is 2.62. The van der Waals surface area contributed by atoms with Gasteiger partial charge in [-0.25, -0.2) is 4.39 Å². The molecule has 0 bridgehead atoms. The van der Waals surface area contributed by atoms with Gasteiger partial charge in [0.25, 0.3) is 0 Å². The number of hydrogen-bond acceptors (Lipinski definition) is 3. The predicted molar refractivity (Wildman–Crippen MR) is 105 cm³/mol. The van der Waals surface area contributed by atoms with Crippen LogP contribution in [0.25, 0.3) is 0 Å². The van der Waals surface area contributed by atoms with Gasteiger partial charge in [0.2, 0.25) is 11.8 Å². The van der Waals surface area contributed by atoms with Crippen molar-refractivity contribution in [2.75, 3.05) is 32.7 Å². The molecule has 2 saturated heterocycles. The summed E-state index contributed by atoms with van der Waals surface area (Å²) < 4.78 is 13.6. The van der Waals surface area contributed by atoms with E-state index < -0.39 is 0 Å². The molecule has 2 aliphatic rings. The second-order valence-electron chi connectivity index (χ2n) is 7.56. The first-order chi connectivity index (χ1) is 12.5. The van der Waals surface area contributed by atoms with Crippen LogP contribution in [0.5, 0.6) is 0 Å². The van der Waals surface area contributed by atoms with Crippen molar-refractivity contribution < 1.29 is 14.0 Å². The van der Waals surface area contributed by atoms with E-state index in [4.69, 9.17) is 0 Å². The molecule has 5 nitrogen and oxygen atoms in total. The molecule has 1 unspecified atom stereocenters. The van der Waals surface area contributed by atoms with E-state index in [9.17, 15) is 14.0 Å². The van der Waals surface area contributed by atoms with Gasteiger partial charge in [0.05, 0.1) is 6.04 Å². The number of piperidine rings is 1. The van der Waals surface area contributed by atoms with Crippen LogP contribution in [-0.2, 0) is 9.59 Å². The van der Waals surface area contributed by atoms with Gasteiger partial charge in [-0.3, -0.25) is 9.59 Å². The van der Waals surface area contributed by atoms with Gasteiger partial charge in [0.15, 0.2) is 0 Å². The molecule has 0 radical (unpaired) electrons. The third kappa shape index (κ3) is 4.99. The monoisotopic (exact) mass is 397 g/mol. The molecule has 1 atom stereocenters. The fourth-order valence-corrected chi connectivity index (χ4v) is 3.93. The molecule has 7 heteroatoms. The van der Waals surface area contributed by atoms with Crippen LogP contribution in [0.4, 0.5) is 4.39 Å². The molecule has 150 valence electrons. The van der Waals surface area contributed by atoms with Gasteiger partial charge < -0.3 is 15.1 Å². The lowest BCUT2D eigenvalue weighted by Gasteiger charge is -2.40. The van der Waals surface area contributed by atoms with Gasteiger partial charge in [-0.15, -0.1) is 12.4 Å². The van der Waals surface area contributed by atoms with Gasteiger partial charge in [-0.1, -0.05) is 26.0 Å². The first kappa shape index (κ1) is 21.6. The number of rotatable bonds is 3. The fraction of sp³-hybridized carbons (Fsp3) is 0.600. The van der Waals surface area contributed by atoms with Crippen molar-refractivity contribution >= 4 is 24.2 Å². The third-order valence-corrected chi connectivity index (χ3v) is 5.41. The van der Waals surface area contributed by atoms with Crippen molar-refractivity contribution in [3.05, 3.63) is 35.6 Å². The molecule has 1 N–H and O–H groups in total. The highest BCUT2D eigenvalue weighted by molar-refractivity contribution is 5.85. The first-order valence-corrected chi connectivity index (χ1v) is 9.53. The smallest absolute Gasteiger partial charge is 0.226 e. The van der Waals surface area contributed by atoms with Gasteiger partial charge in [-0.2, -0.15) is 0 Å². The molecule has 0 spiro atoms. The van der Waals surface area contributed by atoms with Gasteiger partial charge in [0.1, 0.15) is 5.82 Å². The number of halogens is 2. The molecular formula is C20H29ClFN3O2. The van der Waals surface area contributed by atoms with Crippen molar-refractivity contribution in [1.82, 2.24) is 15.1 Å². The van der Waals surface area contributed by atoms with Gasteiger partial charge in [0, 0.05) is 44.6 Å². The molecular weight excluding hydrogens is 369 g/mol. The highest BCUT2D eigenvalue weighted by Gasteiger charge is 2.35. The number of carbonyl (C=O) groups is 2. The first-order valence-electron chi connectivity index (χ1n) is 9.53. The molecule has 0 aromatic heterocycles. The maximum Gasteiger partial charge on any atom is 0.226 e. The van der Waals surface area contributed by atoms with Crippen molar-refractivity contribution in [2.45, 2.75) is 32.7 Å². The summed E-state index contributed by atoms with van der Waals surface area (Å²) in [6.07, 6.45) is 1.41. The standard InChI is InChI=1S/C20H28FN3O2.ClH/c1-14(2)19(25)23-9-6-15(7-10-23)20(26)24-11-8-22-13-18(24)16-4-3-5-17(21)12-16;/h3-5,12,14-15,18,22H,6-11,13H2,1-2H3;1H. The fourth-order valence-electron chi connectivity index (χ4n) is 3.93. The summed E-state index contributed by atoms with van der Waals surface area (Å²) in [5.41, 5.74) is 0.831. The number of nitrogens with one attached hydrogen (secondary N) is 1. The Morgan fingerprint density at radius 3 is 2.52 bits per heavy atom. The molecule has 1 aromatic rings. The maximum atomic E-state index is 13.6. The Labute approximate surface area is 166 Å². The van der Waals surface area contributed by atoms with Crippen LogP contribution < -0.4 is 5.32 Å². The SMILES string of the molecule is CC(C)C(=O)N1CCC(C(=O)N2CCNCC2c2cccc(F)c2)CC1.Cl. The Bertz CT molecular complexity index is 662. The topological polar surface area (TPSA) is 52.7 Å². The van der Waals surface area contributed by atoms with Crippen molar-refractivity contribution in [3.63, 3.8) is 0 Å². The highest BCUT2D eigenvalue weighted by Crippen LogP contribution is 2.28. The van der Waals surface area contributed by atoms with Crippen molar-refractivity contribution in [2.24, 2.45) is 11.8 Å². The van der Waals surface area contributed by atoms with Gasteiger partial charge >= 0.3 is 0 Å². The molecule has 27 heavy (non-hydrogen) atoms. The van der Waals surface area contributed by atoms with Crippen LogP contribution >= 0.6 is 12.4 Å². The zero-order valence-electron chi connectivity index (χ0n) is 16.0. The van der Waals surface area contributed by atoms with E-state index in [-0.39, 0.29) is 47.9 Å². The number of amides is 2. The van der Waals surface area contributed by atoms with E-state index in [1.807, 2.05) is 29.7 Å². The molecule has 3 rings (SSSR count). The summed E-state index contributed by atoms with van der Waals surface area (Å²) >= 11 is 0. The Kier molecular flexibility index (Phi) is 7.62. The molecule has 2 aliphatic heterocycles. The molecule has 1 aromatic carbocycles. The minimum atomic E-state index is -0.277. The second-order valence-corrected chi connectivity index (χ2v) is 7.56. The van der Waals surface area contributed by atoms with E-state index in [0.29, 0.717) is 39.0 Å². The Morgan fingerprint density at radius 2 is 1.89 bits per heavy atom. The largest absolute Gasteiger partial charge is 0.342 e. The average molecular weight is 398 g/mol. The molecule has 2 heterocycles. The van der Waals surface area contributed by atoms with E-state index in [1.165, 1.54) is 12.1 Å². The van der Waals surface area contributed by atoms with E-state index in [2.05, 4.69) is 5.32 Å². The maximum absolute atomic E-state index is 13.6. The minimum Gasteiger partial charge on any atom is -0.342 e. The van der Waals surface area contributed by atoms with E-state index in [0.717, 1.165) is 12.1 Å². The number of piperazine rings is 1. The number of hydrogen-bond donors (Lipinski definition) is 1. The van der Waals surface area contributed by atoms with Crippen LogP contribution in [0.3, 0.4) is 0 Å². The summed E-state index contributed by atoms with van der Waals surface area (Å²) in [5, 5.41) is 3.31. The minimum absolute atomic E-state index is 0. The summed E-state index contributed by atoms with van der Waals surface area (Å²) in [4.78, 5) is 29.0. The van der Waals surface area contributed by atoms with E-state index in [1.54, 1.807) is 6.07 Å². The van der Waals surface area contributed by atoms with Crippen LogP contribution in [0.1, 0.15) is 38.3 Å². The molecule has 0 saturated carbocycles. The number of likely N-dealkylation sites (tertiary alicyclic amines) is 1. The molecule has 2 amide bonds. The second kappa shape index (κ2) is 9.51. The average Bonchev–Trinajstić information content (AvgIpc) is 2.67. The number of benzene rings is 1. The molecule has 0 aliphatic carbocycles. The summed E-state index contributed by atoms with van der Waals surface area (Å²) in [5.74, 6) is -0.0396. The Hall–Kier alpha value is -1.66. The summed E-state index contributed by atoms with van der Waals surface area (Å²) in [6, 6.07) is 6.38. The molecule has 2 fully saturated rings. The zero-order chi connectivity index (χ0) is 18.7. The highest BCUT2D eigenvalue weighted by atomic mass is 35.5. The van der Waals surface area contributed by atoms with Crippen molar-refractivity contribution in [1.29, 1.82) is 0 Å². The quantitative estimate of drug-likeness (QED) is 0.853. The van der Waals surface area contributed by atoms with Gasteiger partial charge in [-0.05, 0) is 30.5 Å². The third-order valence-electron chi connectivity index (χ3n) is 5.41. The van der Waals surface area contributed by atoms with Crippen LogP contribution in [0, 0.1) is 17.7 Å². The van der Waals surface area contributed by atoms with Crippen LogP contribution in [0.15, 0.2) is 24.3 Å². The van der Waals surface area contributed by atoms with Crippen LogP contribution in [0.2, 0.25) is 0 Å². The normalized spacial score (nSPS) is 21.1. The Balaban J connectivity index is 0.00000261. The van der Waals surface area contributed by atoms with Crippen LogP contribution in [-0.4, -0.2) is 54.3 Å². The lowest BCUT2D eigenvalue weighted by Crippen LogP contribution is -2.52. The summed E-state index contributed by atoms with van der Waals surface area (Å²) in [7, 11) is 0. The lowest BCUT2D eigenvalue weighted by molar-refractivity contribution is -0.144. The number of carbonyl (C=O) groups excluding carboxylic acids is 2. The number of nitrogens with zero attached hydrogens (tertiary/aromatic N) is 2. The zero-order valence-corrected chi connectivity index (χ0v) is 16.8. The summed E-state index contributed by atoms with van der Waals surface area (Å²) in [6.45, 7) is 7.12. The van der Waals surface area contributed by atoms with Crippen molar-refractivity contribution in [3.8, 4) is 0 Å². The van der Waals surface area contributed by atoms with E-state index >= 15 is 0 Å². The Morgan fingerprint density at radius 1 is 1.19 bits per heavy atom. The lowest BCUT2D eigenvalue weighted by atomic mass is 9.92.